The summed E-state index contributed by atoms with van der Waals surface area (Å²) in [6.07, 6.45) is 0. The number of rotatable bonds is 5. The topological polar surface area (TPSA) is 17.1 Å². The van der Waals surface area contributed by atoms with E-state index in [1.165, 1.54) is 37.0 Å². The minimum atomic E-state index is -2.89. The second kappa shape index (κ2) is 8.37. The Labute approximate surface area is 167 Å². The first kappa shape index (κ1) is 21.3. The van der Waals surface area contributed by atoms with Gasteiger partial charge in [-0.3, -0.25) is 0 Å². The van der Waals surface area contributed by atoms with Crippen molar-refractivity contribution in [3.63, 3.8) is 0 Å². The Hall–Kier alpha value is -0.970. The Morgan fingerprint density at radius 3 is 1.42 bits per heavy atom. The van der Waals surface area contributed by atoms with E-state index in [0.29, 0.717) is 17.8 Å². The fourth-order valence-corrected chi connectivity index (χ4v) is 9.16. The van der Waals surface area contributed by atoms with Gasteiger partial charge in [0.1, 0.15) is 0 Å². The van der Waals surface area contributed by atoms with Crippen LogP contribution in [0.5, 0.6) is 0 Å². The van der Waals surface area contributed by atoms with Crippen molar-refractivity contribution in [2.75, 3.05) is 0 Å². The third-order valence-corrected chi connectivity index (χ3v) is 10.4. The second-order valence-corrected chi connectivity index (χ2v) is 12.4. The molecule has 0 spiro atoms. The van der Waals surface area contributed by atoms with Gasteiger partial charge < -0.3 is 0 Å². The van der Waals surface area contributed by atoms with Gasteiger partial charge in [0.2, 0.25) is 0 Å². The molecule has 0 aliphatic rings. The van der Waals surface area contributed by atoms with Crippen molar-refractivity contribution in [3.05, 3.63) is 57.6 Å². The number of hydrogen-bond donors (Lipinski definition) is 0. The first-order chi connectivity index (χ1) is 12.0. The van der Waals surface area contributed by atoms with Crippen molar-refractivity contribution < 1.29 is 3.10 Å². The van der Waals surface area contributed by atoms with Crippen LogP contribution >= 0.6 is 0 Å². The average Bonchev–Trinajstić information content (AvgIpc) is 2.52. The standard InChI is InChI=1S/C24H34OTe/c1-14(2)20-12-21(15(3)4)24(22(13-20)16(5)6)26(25)23-18(8)10-17(7)11-19(23)9/h10-16H,1-9H3. The second-order valence-electron chi connectivity index (χ2n) is 8.49. The van der Waals surface area contributed by atoms with Crippen molar-refractivity contribution >= 4 is 26.8 Å². The van der Waals surface area contributed by atoms with Crippen LogP contribution in [0.25, 0.3) is 0 Å². The molecule has 0 aliphatic carbocycles. The third kappa shape index (κ3) is 4.29. The SMILES string of the molecule is Cc1cc(C)c([Te](=O)c2c(C(C)C)cc(C(C)C)cc2C(C)C)c(C)c1. The molecule has 0 heterocycles. The zero-order valence-electron chi connectivity index (χ0n) is 17.9. The van der Waals surface area contributed by atoms with Crippen molar-refractivity contribution in [1.82, 2.24) is 0 Å². The van der Waals surface area contributed by atoms with Crippen LogP contribution in [-0.4, -0.2) is 19.5 Å². The number of aryl methyl sites for hydroxylation is 3. The fourth-order valence-electron chi connectivity index (χ4n) is 3.66. The zero-order valence-corrected chi connectivity index (χ0v) is 20.2. The van der Waals surface area contributed by atoms with Crippen molar-refractivity contribution in [3.8, 4) is 0 Å². The van der Waals surface area contributed by atoms with Gasteiger partial charge in [0, 0.05) is 0 Å². The van der Waals surface area contributed by atoms with Crippen LogP contribution in [0.3, 0.4) is 0 Å². The molecule has 26 heavy (non-hydrogen) atoms. The maximum absolute atomic E-state index is 14.0. The molecule has 0 saturated carbocycles. The van der Waals surface area contributed by atoms with E-state index in [4.69, 9.17) is 0 Å². The molecule has 1 nitrogen and oxygen atoms in total. The molecule has 0 aromatic heterocycles. The Bertz CT molecular complexity index is 776. The average molecular weight is 466 g/mol. The van der Waals surface area contributed by atoms with Gasteiger partial charge in [-0.15, -0.1) is 0 Å². The van der Waals surface area contributed by atoms with Crippen LogP contribution in [0.2, 0.25) is 0 Å². The molecule has 0 atom stereocenters. The van der Waals surface area contributed by atoms with Crippen molar-refractivity contribution in [1.29, 1.82) is 0 Å². The summed E-state index contributed by atoms with van der Waals surface area (Å²) in [6.45, 7) is 19.8. The van der Waals surface area contributed by atoms with E-state index in [0.717, 1.165) is 3.61 Å². The summed E-state index contributed by atoms with van der Waals surface area (Å²) in [5.74, 6) is 1.24. The Morgan fingerprint density at radius 2 is 1.08 bits per heavy atom. The molecule has 2 rings (SSSR count). The summed E-state index contributed by atoms with van der Waals surface area (Å²) in [6, 6.07) is 9.00. The van der Waals surface area contributed by atoms with Crippen LogP contribution in [0.1, 0.15) is 92.7 Å². The van der Waals surface area contributed by atoms with E-state index in [1.54, 1.807) is 0 Å². The van der Waals surface area contributed by atoms with Crippen LogP contribution in [0.15, 0.2) is 24.3 Å². The molecule has 0 radical (unpaired) electrons. The van der Waals surface area contributed by atoms with Crippen LogP contribution in [-0.2, 0) is 3.10 Å². The predicted molar refractivity (Wildman–Crippen MR) is 115 cm³/mol. The van der Waals surface area contributed by atoms with E-state index in [-0.39, 0.29) is 0 Å². The quantitative estimate of drug-likeness (QED) is 0.531. The first-order valence-corrected chi connectivity index (χ1v) is 13.0. The normalized spacial score (nSPS) is 12.0. The molecular weight excluding hydrogens is 432 g/mol. The summed E-state index contributed by atoms with van der Waals surface area (Å²) in [5.41, 5.74) is 7.58. The Balaban J connectivity index is 2.81. The molecular formula is C24H34OTe. The predicted octanol–water partition coefficient (Wildman–Crippen LogP) is 5.52. The molecule has 2 aromatic rings. The van der Waals surface area contributed by atoms with Crippen LogP contribution < -0.4 is 7.22 Å². The third-order valence-electron chi connectivity index (χ3n) is 5.05. The van der Waals surface area contributed by atoms with E-state index in [9.17, 15) is 3.10 Å². The monoisotopic (exact) mass is 468 g/mol. The molecule has 142 valence electrons. The van der Waals surface area contributed by atoms with Gasteiger partial charge in [-0.2, -0.15) is 0 Å². The van der Waals surface area contributed by atoms with Crippen LogP contribution in [0.4, 0.5) is 0 Å². The molecule has 0 aliphatic heterocycles. The van der Waals surface area contributed by atoms with Crippen LogP contribution in [0, 0.1) is 20.8 Å². The molecule has 0 bridgehead atoms. The van der Waals surface area contributed by atoms with Gasteiger partial charge >= 0.3 is 168 Å². The van der Waals surface area contributed by atoms with Gasteiger partial charge in [-0.25, -0.2) is 0 Å². The van der Waals surface area contributed by atoms with E-state index >= 15 is 0 Å². The van der Waals surface area contributed by atoms with Crippen molar-refractivity contribution in [2.45, 2.75) is 80.1 Å². The fraction of sp³-hybridized carbons (Fsp3) is 0.500. The van der Waals surface area contributed by atoms with Crippen molar-refractivity contribution in [2.24, 2.45) is 0 Å². The van der Waals surface area contributed by atoms with E-state index in [2.05, 4.69) is 86.6 Å². The molecule has 0 saturated heterocycles. The minimum absolute atomic E-state index is 0.379. The van der Waals surface area contributed by atoms with Gasteiger partial charge in [-0.05, 0) is 0 Å². The van der Waals surface area contributed by atoms with Gasteiger partial charge in [-0.1, -0.05) is 0 Å². The first-order valence-electron chi connectivity index (χ1n) is 9.71. The molecule has 0 N–H and O–H groups in total. The molecule has 0 unspecified atom stereocenters. The molecule has 0 amide bonds. The van der Waals surface area contributed by atoms with Gasteiger partial charge in [0.25, 0.3) is 0 Å². The molecule has 0 fully saturated rings. The number of hydrogen-bond acceptors (Lipinski definition) is 1. The Kier molecular flexibility index (Phi) is 6.86. The van der Waals surface area contributed by atoms with E-state index in [1.807, 2.05) is 0 Å². The summed E-state index contributed by atoms with van der Waals surface area (Å²) in [5, 5.41) is 0. The molecule has 2 aromatic carbocycles. The maximum atomic E-state index is 14.0. The Morgan fingerprint density at radius 1 is 0.654 bits per heavy atom. The number of benzene rings is 2. The van der Waals surface area contributed by atoms with Gasteiger partial charge in [0.05, 0.1) is 0 Å². The zero-order chi connectivity index (χ0) is 19.8. The summed E-state index contributed by atoms with van der Waals surface area (Å²) in [4.78, 5) is 0. The summed E-state index contributed by atoms with van der Waals surface area (Å²) >= 11 is -2.89. The summed E-state index contributed by atoms with van der Waals surface area (Å²) < 4.78 is 16.3. The van der Waals surface area contributed by atoms with E-state index < -0.39 is 19.5 Å². The molecule has 2 heteroatoms. The van der Waals surface area contributed by atoms with Gasteiger partial charge in [0.15, 0.2) is 0 Å². The summed E-state index contributed by atoms with van der Waals surface area (Å²) in [7, 11) is 0.